The Kier molecular flexibility index (Phi) is 6.87. The van der Waals surface area contributed by atoms with Gasteiger partial charge in [0.15, 0.2) is 6.29 Å². The second-order valence-corrected chi connectivity index (χ2v) is 10.9. The molecule has 2 heterocycles. The molecule has 3 rings (SSSR count). The summed E-state index contributed by atoms with van der Waals surface area (Å²) >= 11 is 0. The van der Waals surface area contributed by atoms with Gasteiger partial charge in [0.1, 0.15) is 29.0 Å². The maximum absolute atomic E-state index is 11.3. The lowest BCUT2D eigenvalue weighted by molar-refractivity contribution is -0.245. The number of hydrogen-bond donors (Lipinski definition) is 1. The SMILES string of the molecule is CC[C@@H]1[C@@H](C)[C@H](C)C[S+]1C[C@@H]1OC(c2ccccc2)OC[C@H]1OS(=O)(=O)O. The van der Waals surface area contributed by atoms with E-state index in [1.807, 2.05) is 30.3 Å². The molecule has 152 valence electrons. The van der Waals surface area contributed by atoms with E-state index in [2.05, 4.69) is 20.8 Å². The molecule has 7 atom stereocenters. The molecular weight excluding hydrogens is 388 g/mol. The quantitative estimate of drug-likeness (QED) is 0.566. The van der Waals surface area contributed by atoms with Gasteiger partial charge in [0.2, 0.25) is 0 Å². The van der Waals surface area contributed by atoms with E-state index in [1.165, 1.54) is 0 Å². The zero-order valence-electron chi connectivity index (χ0n) is 16.0. The van der Waals surface area contributed by atoms with Crippen LogP contribution < -0.4 is 0 Å². The van der Waals surface area contributed by atoms with Crippen LogP contribution in [-0.4, -0.2) is 48.5 Å². The third-order valence-corrected chi connectivity index (χ3v) is 9.43. The third-order valence-electron chi connectivity index (χ3n) is 5.61. The summed E-state index contributed by atoms with van der Waals surface area (Å²) in [5.74, 6) is 3.13. The highest BCUT2D eigenvalue weighted by Crippen LogP contribution is 2.38. The van der Waals surface area contributed by atoms with E-state index < -0.39 is 28.9 Å². The van der Waals surface area contributed by atoms with Crippen molar-refractivity contribution >= 4 is 21.3 Å². The van der Waals surface area contributed by atoms with Gasteiger partial charge in [-0.3, -0.25) is 4.55 Å². The highest BCUT2D eigenvalue weighted by atomic mass is 32.3. The average molecular weight is 418 g/mol. The van der Waals surface area contributed by atoms with Crippen LogP contribution >= 0.6 is 0 Å². The molecule has 0 saturated carbocycles. The number of rotatable bonds is 6. The summed E-state index contributed by atoms with van der Waals surface area (Å²) in [6.45, 7) is 6.85. The molecule has 2 fully saturated rings. The van der Waals surface area contributed by atoms with Gasteiger partial charge in [-0.2, -0.15) is 8.42 Å². The molecule has 2 saturated heterocycles. The van der Waals surface area contributed by atoms with Crippen LogP contribution in [0.5, 0.6) is 0 Å². The van der Waals surface area contributed by atoms with Gasteiger partial charge in [0, 0.05) is 17.4 Å². The minimum absolute atomic E-state index is 0.0586. The molecule has 1 N–H and O–H groups in total. The summed E-state index contributed by atoms with van der Waals surface area (Å²) in [5.41, 5.74) is 0.885. The second-order valence-electron chi connectivity index (χ2n) is 7.47. The highest BCUT2D eigenvalue weighted by Gasteiger charge is 2.49. The van der Waals surface area contributed by atoms with Crippen LogP contribution in [0.25, 0.3) is 0 Å². The van der Waals surface area contributed by atoms with Crippen molar-refractivity contribution in [1.82, 2.24) is 0 Å². The lowest BCUT2D eigenvalue weighted by Crippen LogP contribution is -2.47. The Bertz CT molecular complexity index is 710. The van der Waals surface area contributed by atoms with Crippen molar-refractivity contribution in [3.63, 3.8) is 0 Å². The van der Waals surface area contributed by atoms with E-state index in [0.717, 1.165) is 23.5 Å². The van der Waals surface area contributed by atoms with Gasteiger partial charge < -0.3 is 9.47 Å². The van der Waals surface area contributed by atoms with Crippen molar-refractivity contribution in [2.24, 2.45) is 11.8 Å². The Morgan fingerprint density at radius 1 is 1.26 bits per heavy atom. The largest absolute Gasteiger partial charge is 0.397 e. The summed E-state index contributed by atoms with van der Waals surface area (Å²) in [5, 5.41) is 0.605. The van der Waals surface area contributed by atoms with Gasteiger partial charge in [-0.15, -0.1) is 0 Å². The first-order valence-corrected chi connectivity index (χ1v) is 12.4. The highest BCUT2D eigenvalue weighted by molar-refractivity contribution is 7.97. The van der Waals surface area contributed by atoms with Gasteiger partial charge in [0.05, 0.1) is 6.61 Å². The van der Waals surface area contributed by atoms with Gasteiger partial charge in [-0.1, -0.05) is 51.1 Å². The molecule has 0 aliphatic carbocycles. The molecule has 2 aliphatic heterocycles. The van der Waals surface area contributed by atoms with Crippen molar-refractivity contribution in [3.8, 4) is 0 Å². The molecule has 27 heavy (non-hydrogen) atoms. The van der Waals surface area contributed by atoms with E-state index >= 15 is 0 Å². The molecule has 1 aromatic rings. The molecule has 0 aromatic heterocycles. The maximum atomic E-state index is 11.3. The average Bonchev–Trinajstić information content (AvgIpc) is 2.89. The molecule has 0 spiro atoms. The standard InChI is InChI=1S/C19H28O6S2/c1-4-18-14(3)13(2)11-26(18)12-17-16(25-27(20,21)22)10-23-19(24-17)15-8-6-5-7-9-15/h5-9,13-14,16-19H,4,10-12H2,1-3H3/p+1/t13-,14+,16-,17+,18-,19?,26?/m1/s1. The van der Waals surface area contributed by atoms with Crippen LogP contribution in [0.15, 0.2) is 30.3 Å². The fraction of sp³-hybridized carbons (Fsp3) is 0.684. The van der Waals surface area contributed by atoms with E-state index in [0.29, 0.717) is 17.1 Å². The Balaban J connectivity index is 1.77. The van der Waals surface area contributed by atoms with Crippen LogP contribution in [0.4, 0.5) is 0 Å². The van der Waals surface area contributed by atoms with Crippen molar-refractivity contribution in [1.29, 1.82) is 0 Å². The van der Waals surface area contributed by atoms with Crippen molar-refractivity contribution in [2.45, 2.75) is 50.9 Å². The minimum atomic E-state index is -4.57. The first-order chi connectivity index (χ1) is 12.8. The minimum Gasteiger partial charge on any atom is -0.346 e. The summed E-state index contributed by atoms with van der Waals surface area (Å²) in [6.07, 6.45) is -0.737. The topological polar surface area (TPSA) is 82.1 Å². The molecule has 2 unspecified atom stereocenters. The molecule has 0 bridgehead atoms. The van der Waals surface area contributed by atoms with E-state index in [1.54, 1.807) is 0 Å². The monoisotopic (exact) mass is 417 g/mol. The number of benzene rings is 1. The van der Waals surface area contributed by atoms with Gasteiger partial charge in [0.25, 0.3) is 0 Å². The van der Waals surface area contributed by atoms with Crippen LogP contribution in [0.3, 0.4) is 0 Å². The van der Waals surface area contributed by atoms with Crippen molar-refractivity contribution in [3.05, 3.63) is 35.9 Å². The van der Waals surface area contributed by atoms with Crippen LogP contribution in [0, 0.1) is 11.8 Å². The molecule has 1 aromatic carbocycles. The fourth-order valence-corrected chi connectivity index (χ4v) is 8.21. The Hall–Kier alpha value is -0.640. The Labute approximate surface area is 164 Å². The van der Waals surface area contributed by atoms with Crippen LogP contribution in [0.2, 0.25) is 0 Å². The van der Waals surface area contributed by atoms with Gasteiger partial charge >= 0.3 is 10.4 Å². The lowest BCUT2D eigenvalue weighted by Gasteiger charge is -2.35. The maximum Gasteiger partial charge on any atom is 0.397 e. The van der Waals surface area contributed by atoms with Gasteiger partial charge in [-0.25, -0.2) is 4.18 Å². The molecule has 0 radical (unpaired) electrons. The smallest absolute Gasteiger partial charge is 0.346 e. The van der Waals surface area contributed by atoms with Crippen molar-refractivity contribution < 1.29 is 26.6 Å². The summed E-state index contributed by atoms with van der Waals surface area (Å²) in [7, 11) is -4.45. The summed E-state index contributed by atoms with van der Waals surface area (Å²) in [4.78, 5) is 0. The molecule has 0 amide bonds. The normalized spacial score (nSPS) is 37.4. The first kappa shape index (κ1) is 21.1. The summed E-state index contributed by atoms with van der Waals surface area (Å²) < 4.78 is 48.4. The van der Waals surface area contributed by atoms with E-state index in [-0.39, 0.29) is 17.5 Å². The third kappa shape index (κ3) is 5.25. The van der Waals surface area contributed by atoms with Crippen molar-refractivity contribution in [2.75, 3.05) is 18.1 Å². The lowest BCUT2D eigenvalue weighted by atomic mass is 9.94. The van der Waals surface area contributed by atoms with E-state index in [9.17, 15) is 8.42 Å². The van der Waals surface area contributed by atoms with Crippen LogP contribution in [-0.2, 0) is 35.0 Å². The second kappa shape index (κ2) is 8.80. The predicted octanol–water partition coefficient (Wildman–Crippen LogP) is 2.97. The van der Waals surface area contributed by atoms with Gasteiger partial charge in [-0.05, 0) is 17.3 Å². The van der Waals surface area contributed by atoms with Crippen LogP contribution in [0.1, 0.15) is 39.0 Å². The first-order valence-electron chi connectivity index (χ1n) is 9.42. The Morgan fingerprint density at radius 2 is 1.96 bits per heavy atom. The number of ether oxygens (including phenoxy) is 2. The molecular formula is C19H29O6S2+. The zero-order chi connectivity index (χ0) is 19.6. The molecule has 8 heteroatoms. The molecule has 2 aliphatic rings. The fourth-order valence-electron chi connectivity index (χ4n) is 4.05. The Morgan fingerprint density at radius 3 is 2.59 bits per heavy atom. The molecule has 6 nitrogen and oxygen atoms in total. The number of hydrogen-bond acceptors (Lipinski definition) is 5. The van der Waals surface area contributed by atoms with E-state index in [4.69, 9.17) is 18.2 Å². The zero-order valence-corrected chi connectivity index (χ0v) is 17.6. The summed E-state index contributed by atoms with van der Waals surface area (Å²) in [6, 6.07) is 9.58. The predicted molar refractivity (Wildman–Crippen MR) is 106 cm³/mol.